The van der Waals surface area contributed by atoms with Crippen molar-refractivity contribution in [3.63, 3.8) is 0 Å². The molecule has 4 rings (SSSR count). The van der Waals surface area contributed by atoms with Gasteiger partial charge in [-0.05, 0) is 72.0 Å². The number of hydrogen-bond donors (Lipinski definition) is 1. The minimum absolute atomic E-state index is 0.120. The Hall–Kier alpha value is -3.18. The summed E-state index contributed by atoms with van der Waals surface area (Å²) in [5, 5.41) is 13.5. The molecule has 1 fully saturated rings. The zero-order valence-electron chi connectivity index (χ0n) is 19.9. The molecule has 3 aromatic rings. The molecule has 0 saturated carbocycles. The van der Waals surface area contributed by atoms with Gasteiger partial charge in [0, 0.05) is 16.1 Å². The number of anilines is 1. The summed E-state index contributed by atoms with van der Waals surface area (Å²) in [5.41, 5.74) is 5.06. The number of rotatable bonds is 3. The molecule has 0 radical (unpaired) electrons. The second kappa shape index (κ2) is 8.31. The molecule has 1 aliphatic rings. The molecule has 1 atom stereocenters. The molecule has 2 heterocycles. The normalized spacial score (nSPS) is 18.2. The second-order valence-corrected chi connectivity index (χ2v) is 10.7. The number of Topliss-reactive ketones (excluding diaryl/α,β-unsaturated/α-hetero) is 1. The van der Waals surface area contributed by atoms with E-state index in [-0.39, 0.29) is 16.7 Å². The van der Waals surface area contributed by atoms with Crippen LogP contribution in [0.1, 0.15) is 59.5 Å². The van der Waals surface area contributed by atoms with Gasteiger partial charge < -0.3 is 5.11 Å². The van der Waals surface area contributed by atoms with Gasteiger partial charge in [-0.1, -0.05) is 51.1 Å². The fraction of sp³-hybridized carbons (Fsp3) is 0.286. The van der Waals surface area contributed by atoms with Crippen molar-refractivity contribution < 1.29 is 14.7 Å². The Bertz CT molecular complexity index is 1290. The Morgan fingerprint density at radius 3 is 2.24 bits per heavy atom. The maximum Gasteiger partial charge on any atom is 0.300 e. The number of amides is 1. The highest BCUT2D eigenvalue weighted by Gasteiger charge is 2.48. The predicted octanol–water partition coefficient (Wildman–Crippen LogP) is 6.60. The number of nitrogens with zero attached hydrogens (tertiary/aromatic N) is 1. The summed E-state index contributed by atoms with van der Waals surface area (Å²) in [6, 6.07) is 14.8. The lowest BCUT2D eigenvalue weighted by atomic mass is 9.84. The number of aliphatic hydroxyl groups is 1. The molecule has 4 nitrogen and oxygen atoms in total. The van der Waals surface area contributed by atoms with Crippen LogP contribution in [0.4, 0.5) is 5.69 Å². The van der Waals surface area contributed by atoms with Crippen molar-refractivity contribution in [1.82, 2.24) is 0 Å². The molecule has 0 aliphatic carbocycles. The number of carbonyl (C=O) groups is 2. The quantitative estimate of drug-likeness (QED) is 0.273. The molecule has 170 valence electrons. The van der Waals surface area contributed by atoms with E-state index in [0.717, 1.165) is 27.1 Å². The highest BCUT2D eigenvalue weighted by molar-refractivity contribution is 7.10. The van der Waals surface area contributed by atoms with Gasteiger partial charge in [0.15, 0.2) is 0 Å². The van der Waals surface area contributed by atoms with E-state index in [4.69, 9.17) is 0 Å². The van der Waals surface area contributed by atoms with Crippen molar-refractivity contribution in [1.29, 1.82) is 0 Å². The van der Waals surface area contributed by atoms with Crippen LogP contribution in [0.25, 0.3) is 5.76 Å². The summed E-state index contributed by atoms with van der Waals surface area (Å²) >= 11 is 1.49. The molecule has 0 spiro atoms. The summed E-state index contributed by atoms with van der Waals surface area (Å²) < 4.78 is 0. The predicted molar refractivity (Wildman–Crippen MR) is 135 cm³/mol. The first-order chi connectivity index (χ1) is 15.5. The first kappa shape index (κ1) is 23.0. The largest absolute Gasteiger partial charge is 0.507 e. The van der Waals surface area contributed by atoms with Gasteiger partial charge in [0.1, 0.15) is 11.8 Å². The number of aliphatic hydroxyl groups excluding tert-OH is 1. The fourth-order valence-electron chi connectivity index (χ4n) is 4.32. The third-order valence-corrected chi connectivity index (χ3v) is 7.40. The van der Waals surface area contributed by atoms with Crippen molar-refractivity contribution in [2.45, 2.75) is 53.0 Å². The van der Waals surface area contributed by atoms with E-state index in [1.54, 1.807) is 4.90 Å². The molecule has 1 aromatic heterocycles. The van der Waals surface area contributed by atoms with Crippen LogP contribution in [-0.2, 0) is 15.0 Å². The zero-order valence-corrected chi connectivity index (χ0v) is 20.7. The maximum absolute atomic E-state index is 13.4. The maximum atomic E-state index is 13.4. The number of thiophene rings is 1. The van der Waals surface area contributed by atoms with Gasteiger partial charge in [-0.25, -0.2) is 0 Å². The van der Waals surface area contributed by atoms with Gasteiger partial charge in [0.2, 0.25) is 0 Å². The third-order valence-electron chi connectivity index (χ3n) is 6.33. The lowest BCUT2D eigenvalue weighted by Gasteiger charge is -2.26. The summed E-state index contributed by atoms with van der Waals surface area (Å²) in [4.78, 5) is 29.2. The number of hydrogen-bond acceptors (Lipinski definition) is 4. The molecular formula is C28H29NO3S. The van der Waals surface area contributed by atoms with E-state index in [1.807, 2.05) is 74.7 Å². The molecule has 1 N–H and O–H groups in total. The van der Waals surface area contributed by atoms with Gasteiger partial charge in [0.25, 0.3) is 11.7 Å². The summed E-state index contributed by atoms with van der Waals surface area (Å²) in [7, 11) is 0. The Morgan fingerprint density at radius 2 is 1.64 bits per heavy atom. The van der Waals surface area contributed by atoms with Crippen molar-refractivity contribution >= 4 is 34.5 Å². The zero-order chi connectivity index (χ0) is 24.1. The molecule has 5 heteroatoms. The fourth-order valence-corrected chi connectivity index (χ4v) is 5.34. The average molecular weight is 460 g/mol. The van der Waals surface area contributed by atoms with E-state index in [1.165, 1.54) is 11.3 Å². The van der Waals surface area contributed by atoms with Gasteiger partial charge >= 0.3 is 0 Å². The van der Waals surface area contributed by atoms with Crippen LogP contribution in [-0.4, -0.2) is 16.8 Å². The Labute approximate surface area is 199 Å². The van der Waals surface area contributed by atoms with Gasteiger partial charge in [0.05, 0.1) is 5.57 Å². The highest BCUT2D eigenvalue weighted by Crippen LogP contribution is 2.46. The number of aryl methyl sites for hydroxylation is 3. The average Bonchev–Trinajstić information content (AvgIpc) is 3.28. The smallest absolute Gasteiger partial charge is 0.300 e. The van der Waals surface area contributed by atoms with Crippen LogP contribution in [0.2, 0.25) is 0 Å². The van der Waals surface area contributed by atoms with Crippen molar-refractivity contribution in [2.75, 3.05) is 4.90 Å². The first-order valence-corrected chi connectivity index (χ1v) is 11.9. The minimum Gasteiger partial charge on any atom is -0.507 e. The van der Waals surface area contributed by atoms with E-state index in [0.29, 0.717) is 11.3 Å². The van der Waals surface area contributed by atoms with Crippen LogP contribution in [0.3, 0.4) is 0 Å². The summed E-state index contributed by atoms with van der Waals surface area (Å²) in [6.07, 6.45) is 0. The number of benzene rings is 2. The standard InChI is InChI=1S/C28H29NO3S/c1-16-11-12-19(28(4,5)6)15-20(16)24(30)22-23(26-18(3)13-14-33-26)29(27(32)25(22)31)21-10-8-7-9-17(21)2/h7-15,23,30H,1-6H3/b24-22+. The van der Waals surface area contributed by atoms with Crippen molar-refractivity contribution in [2.24, 2.45) is 0 Å². The highest BCUT2D eigenvalue weighted by atomic mass is 32.1. The lowest BCUT2D eigenvalue weighted by Crippen LogP contribution is -2.30. The SMILES string of the molecule is Cc1ccc(C(C)(C)C)cc1/C(O)=C1\C(=O)C(=O)N(c2ccccc2C)C1c1sccc1C. The molecule has 1 saturated heterocycles. The second-order valence-electron chi connectivity index (χ2n) is 9.70. The Balaban J connectivity index is 2.00. The van der Waals surface area contributed by atoms with Crippen molar-refractivity contribution in [3.05, 3.63) is 92.2 Å². The van der Waals surface area contributed by atoms with Crippen LogP contribution in [0.15, 0.2) is 59.5 Å². The van der Waals surface area contributed by atoms with E-state index < -0.39 is 17.7 Å². The van der Waals surface area contributed by atoms with Crippen LogP contribution in [0.5, 0.6) is 0 Å². The molecule has 2 aromatic carbocycles. The van der Waals surface area contributed by atoms with E-state index >= 15 is 0 Å². The monoisotopic (exact) mass is 459 g/mol. The number of carbonyl (C=O) groups excluding carboxylic acids is 2. The first-order valence-electron chi connectivity index (χ1n) is 11.0. The molecule has 0 bridgehead atoms. The number of para-hydroxylation sites is 1. The van der Waals surface area contributed by atoms with Gasteiger partial charge in [-0.15, -0.1) is 11.3 Å². The van der Waals surface area contributed by atoms with E-state index in [2.05, 4.69) is 20.8 Å². The molecule has 1 aliphatic heterocycles. The van der Waals surface area contributed by atoms with Crippen LogP contribution >= 0.6 is 11.3 Å². The Morgan fingerprint density at radius 1 is 0.939 bits per heavy atom. The summed E-state index contributed by atoms with van der Waals surface area (Å²) in [6.45, 7) is 12.1. The minimum atomic E-state index is -0.677. The van der Waals surface area contributed by atoms with Crippen LogP contribution < -0.4 is 4.90 Å². The summed E-state index contributed by atoms with van der Waals surface area (Å²) in [5.74, 6) is -1.40. The van der Waals surface area contributed by atoms with E-state index in [9.17, 15) is 14.7 Å². The molecule has 1 unspecified atom stereocenters. The third kappa shape index (κ3) is 3.91. The van der Waals surface area contributed by atoms with Crippen molar-refractivity contribution in [3.8, 4) is 0 Å². The Kier molecular flexibility index (Phi) is 5.79. The molecular weight excluding hydrogens is 430 g/mol. The lowest BCUT2D eigenvalue weighted by molar-refractivity contribution is -0.132. The van der Waals surface area contributed by atoms with Gasteiger partial charge in [-0.2, -0.15) is 0 Å². The molecule has 33 heavy (non-hydrogen) atoms. The molecule has 1 amide bonds. The number of ketones is 1. The topological polar surface area (TPSA) is 57.6 Å². The van der Waals surface area contributed by atoms with Gasteiger partial charge in [-0.3, -0.25) is 14.5 Å². The van der Waals surface area contributed by atoms with Crippen LogP contribution in [0, 0.1) is 20.8 Å².